The van der Waals surface area contributed by atoms with Gasteiger partial charge in [-0.25, -0.2) is 4.98 Å². The number of furan rings is 2. The van der Waals surface area contributed by atoms with Crippen LogP contribution in [0.2, 0.25) is 0 Å². The number of rotatable bonds is 4. The molecule has 3 heterocycles. The molecule has 0 fully saturated rings. The Bertz CT molecular complexity index is 1060. The molecule has 0 saturated carbocycles. The summed E-state index contributed by atoms with van der Waals surface area (Å²) in [5.74, 6) is 2.11. The van der Waals surface area contributed by atoms with Crippen LogP contribution in [-0.2, 0) is 6.54 Å². The fraction of sp³-hybridized carbons (Fsp3) is 0.143. The summed E-state index contributed by atoms with van der Waals surface area (Å²) in [6.45, 7) is 4.05. The maximum absolute atomic E-state index is 13.3. The maximum atomic E-state index is 13.3. The summed E-state index contributed by atoms with van der Waals surface area (Å²) in [6, 6.07) is 16.8. The van der Waals surface area contributed by atoms with Crippen LogP contribution in [-0.4, -0.2) is 10.9 Å². The lowest BCUT2D eigenvalue weighted by atomic mass is 10.1. The summed E-state index contributed by atoms with van der Waals surface area (Å²) in [5, 5.41) is 0.936. The number of carbonyl (C=O) groups excluding carboxylic acids is 1. The maximum Gasteiger partial charge on any atom is 0.295 e. The van der Waals surface area contributed by atoms with E-state index in [1.165, 1.54) is 0 Å². The second-order valence-electron chi connectivity index (χ2n) is 6.14. The molecule has 1 amide bonds. The highest BCUT2D eigenvalue weighted by atomic mass is 16.4. The van der Waals surface area contributed by atoms with Crippen LogP contribution < -0.4 is 4.90 Å². The van der Waals surface area contributed by atoms with Crippen LogP contribution in [0.4, 0.5) is 5.82 Å². The highest BCUT2D eigenvalue weighted by molar-refractivity contribution is 6.07. The largest absolute Gasteiger partial charge is 0.464 e. The molecular weight excluding hydrogens is 328 g/mol. The Kier molecular flexibility index (Phi) is 4.05. The van der Waals surface area contributed by atoms with E-state index in [0.29, 0.717) is 22.9 Å². The Balaban J connectivity index is 1.77. The van der Waals surface area contributed by atoms with E-state index < -0.39 is 0 Å². The standard InChI is InChI=1S/C21H18N2O3/c1-14-10-11-16(25-14)13-23(19-9-5-6-12-22-19)21(24)20-15(2)17-7-3-4-8-18(17)26-20/h3-12H,13H2,1-2H3. The smallest absolute Gasteiger partial charge is 0.295 e. The first-order valence-electron chi connectivity index (χ1n) is 8.40. The van der Waals surface area contributed by atoms with E-state index in [9.17, 15) is 4.79 Å². The van der Waals surface area contributed by atoms with Gasteiger partial charge in [0.25, 0.3) is 5.91 Å². The molecule has 0 aliphatic carbocycles. The van der Waals surface area contributed by atoms with Gasteiger partial charge in [0.05, 0.1) is 6.54 Å². The summed E-state index contributed by atoms with van der Waals surface area (Å²) in [4.78, 5) is 19.2. The molecule has 0 atom stereocenters. The number of benzene rings is 1. The number of aromatic nitrogens is 1. The highest BCUT2D eigenvalue weighted by Gasteiger charge is 2.26. The van der Waals surface area contributed by atoms with Gasteiger partial charge in [0.15, 0.2) is 5.76 Å². The summed E-state index contributed by atoms with van der Waals surface area (Å²) in [6.07, 6.45) is 1.66. The van der Waals surface area contributed by atoms with Crippen molar-refractivity contribution >= 4 is 22.7 Å². The Hall–Kier alpha value is -3.34. The fourth-order valence-corrected chi connectivity index (χ4v) is 3.00. The molecule has 0 N–H and O–H groups in total. The topological polar surface area (TPSA) is 59.5 Å². The first kappa shape index (κ1) is 16.1. The van der Waals surface area contributed by atoms with Crippen LogP contribution in [0, 0.1) is 13.8 Å². The molecule has 0 aliphatic rings. The molecule has 26 heavy (non-hydrogen) atoms. The summed E-state index contributed by atoms with van der Waals surface area (Å²) in [5.41, 5.74) is 1.52. The van der Waals surface area contributed by atoms with Gasteiger partial charge in [0.2, 0.25) is 0 Å². The van der Waals surface area contributed by atoms with E-state index in [0.717, 1.165) is 16.7 Å². The first-order valence-corrected chi connectivity index (χ1v) is 8.40. The molecule has 5 heteroatoms. The second kappa shape index (κ2) is 6.52. The van der Waals surface area contributed by atoms with E-state index in [1.54, 1.807) is 17.2 Å². The molecular formula is C21H18N2O3. The predicted molar refractivity (Wildman–Crippen MR) is 99.1 cm³/mol. The molecule has 5 nitrogen and oxygen atoms in total. The van der Waals surface area contributed by atoms with Crippen molar-refractivity contribution in [2.24, 2.45) is 0 Å². The average Bonchev–Trinajstić information content (AvgIpc) is 3.23. The van der Waals surface area contributed by atoms with E-state index in [2.05, 4.69) is 4.98 Å². The lowest BCUT2D eigenvalue weighted by Crippen LogP contribution is -2.31. The SMILES string of the molecule is Cc1ccc(CN(C(=O)c2oc3ccccc3c2C)c2ccccn2)o1. The highest BCUT2D eigenvalue weighted by Crippen LogP contribution is 2.28. The average molecular weight is 346 g/mol. The lowest BCUT2D eigenvalue weighted by molar-refractivity contribution is 0.0957. The Morgan fingerprint density at radius 3 is 2.50 bits per heavy atom. The van der Waals surface area contributed by atoms with Gasteiger partial charge in [-0.3, -0.25) is 9.69 Å². The zero-order chi connectivity index (χ0) is 18.1. The molecule has 4 aromatic rings. The number of anilines is 1. The number of amides is 1. The van der Waals surface area contributed by atoms with Crippen LogP contribution in [0.25, 0.3) is 11.0 Å². The zero-order valence-electron chi connectivity index (χ0n) is 14.6. The molecule has 0 spiro atoms. The number of pyridine rings is 1. The normalized spacial score (nSPS) is 11.0. The Morgan fingerprint density at radius 2 is 1.81 bits per heavy atom. The number of para-hydroxylation sites is 1. The van der Waals surface area contributed by atoms with E-state index in [1.807, 2.05) is 62.4 Å². The van der Waals surface area contributed by atoms with Gasteiger partial charge in [-0.1, -0.05) is 24.3 Å². The van der Waals surface area contributed by atoms with Gasteiger partial charge in [0, 0.05) is 17.1 Å². The van der Waals surface area contributed by atoms with Gasteiger partial charge in [-0.05, 0) is 44.2 Å². The number of nitrogens with zero attached hydrogens (tertiary/aromatic N) is 2. The molecule has 130 valence electrons. The number of fused-ring (bicyclic) bond motifs is 1. The molecule has 0 aliphatic heterocycles. The zero-order valence-corrected chi connectivity index (χ0v) is 14.6. The van der Waals surface area contributed by atoms with Crippen molar-refractivity contribution in [2.75, 3.05) is 4.90 Å². The molecule has 0 saturated heterocycles. The van der Waals surface area contributed by atoms with Crippen LogP contribution in [0.5, 0.6) is 0 Å². The molecule has 0 unspecified atom stereocenters. The molecule has 3 aromatic heterocycles. The van der Waals surface area contributed by atoms with Gasteiger partial charge < -0.3 is 8.83 Å². The summed E-state index contributed by atoms with van der Waals surface area (Å²) < 4.78 is 11.5. The summed E-state index contributed by atoms with van der Waals surface area (Å²) in [7, 11) is 0. The number of carbonyl (C=O) groups is 1. The Morgan fingerprint density at radius 1 is 1.00 bits per heavy atom. The lowest BCUT2D eigenvalue weighted by Gasteiger charge is -2.19. The van der Waals surface area contributed by atoms with Crippen LogP contribution in [0.1, 0.15) is 27.6 Å². The van der Waals surface area contributed by atoms with Gasteiger partial charge in [-0.2, -0.15) is 0 Å². The third-order valence-electron chi connectivity index (χ3n) is 4.32. The number of hydrogen-bond donors (Lipinski definition) is 0. The minimum Gasteiger partial charge on any atom is -0.464 e. The number of hydrogen-bond acceptors (Lipinski definition) is 4. The third kappa shape index (κ3) is 2.88. The summed E-state index contributed by atoms with van der Waals surface area (Å²) >= 11 is 0. The van der Waals surface area contributed by atoms with Crippen molar-refractivity contribution in [2.45, 2.75) is 20.4 Å². The van der Waals surface area contributed by atoms with Crippen molar-refractivity contribution in [3.63, 3.8) is 0 Å². The first-order chi connectivity index (χ1) is 12.6. The molecule has 0 bridgehead atoms. The second-order valence-corrected chi connectivity index (χ2v) is 6.14. The predicted octanol–water partition coefficient (Wildman–Crippen LogP) is 4.88. The van der Waals surface area contributed by atoms with Crippen LogP contribution in [0.15, 0.2) is 69.6 Å². The van der Waals surface area contributed by atoms with E-state index >= 15 is 0 Å². The van der Waals surface area contributed by atoms with Crippen molar-refractivity contribution in [1.82, 2.24) is 4.98 Å². The molecule has 1 aromatic carbocycles. The van der Waals surface area contributed by atoms with Crippen molar-refractivity contribution in [1.29, 1.82) is 0 Å². The van der Waals surface area contributed by atoms with Crippen LogP contribution in [0.3, 0.4) is 0 Å². The molecule has 0 radical (unpaired) electrons. The van der Waals surface area contributed by atoms with Crippen molar-refractivity contribution < 1.29 is 13.6 Å². The monoisotopic (exact) mass is 346 g/mol. The minimum absolute atomic E-state index is 0.244. The van der Waals surface area contributed by atoms with Crippen molar-refractivity contribution in [3.05, 3.63) is 83.6 Å². The molecule has 4 rings (SSSR count). The quantitative estimate of drug-likeness (QED) is 0.528. The van der Waals surface area contributed by atoms with Crippen LogP contribution >= 0.6 is 0 Å². The fourth-order valence-electron chi connectivity index (χ4n) is 3.00. The van der Waals surface area contributed by atoms with Crippen molar-refractivity contribution in [3.8, 4) is 0 Å². The third-order valence-corrected chi connectivity index (χ3v) is 4.32. The van der Waals surface area contributed by atoms with Gasteiger partial charge in [-0.15, -0.1) is 0 Å². The number of aryl methyl sites for hydroxylation is 2. The Labute approximate surface area is 150 Å². The van der Waals surface area contributed by atoms with Gasteiger partial charge in [0.1, 0.15) is 22.9 Å². The van der Waals surface area contributed by atoms with E-state index in [-0.39, 0.29) is 12.5 Å². The van der Waals surface area contributed by atoms with E-state index in [4.69, 9.17) is 8.83 Å². The van der Waals surface area contributed by atoms with Gasteiger partial charge >= 0.3 is 0 Å². The minimum atomic E-state index is -0.244.